The highest BCUT2D eigenvalue weighted by molar-refractivity contribution is 7.93. The Morgan fingerprint density at radius 1 is 1.12 bits per heavy atom. The lowest BCUT2D eigenvalue weighted by atomic mass is 9.97. The van der Waals surface area contributed by atoms with Crippen LogP contribution in [0.1, 0.15) is 29.2 Å². The van der Waals surface area contributed by atoms with E-state index in [2.05, 4.69) is 14.4 Å². The van der Waals surface area contributed by atoms with E-state index in [0.717, 1.165) is 11.1 Å². The molecule has 1 fully saturated rings. The first-order chi connectivity index (χ1) is 15.8. The average molecular weight is 499 g/mol. The van der Waals surface area contributed by atoms with Crippen LogP contribution in [0.5, 0.6) is 5.75 Å². The van der Waals surface area contributed by atoms with Crippen LogP contribution in [-0.4, -0.2) is 52.8 Å². The van der Waals surface area contributed by atoms with E-state index in [9.17, 15) is 17.2 Å². The number of ether oxygens (including phenoxy) is 2. The number of benzene rings is 2. The van der Waals surface area contributed by atoms with Gasteiger partial charge in [-0.05, 0) is 53.8 Å². The van der Waals surface area contributed by atoms with E-state index in [1.807, 2.05) is 18.2 Å². The lowest BCUT2D eigenvalue weighted by Gasteiger charge is -2.35. The van der Waals surface area contributed by atoms with Gasteiger partial charge in [0, 0.05) is 30.7 Å². The maximum Gasteiger partial charge on any atom is 0.387 e. The molecule has 10 heteroatoms. The normalized spacial score (nSPS) is 18.0. The maximum absolute atomic E-state index is 13.1. The molecule has 2 aromatic rings. The zero-order valence-electron chi connectivity index (χ0n) is 17.8. The minimum absolute atomic E-state index is 0.0645. The molecule has 1 aliphatic heterocycles. The summed E-state index contributed by atoms with van der Waals surface area (Å²) in [6.45, 7) is -0.232. The van der Waals surface area contributed by atoms with Crippen molar-refractivity contribution < 1.29 is 26.7 Å². The van der Waals surface area contributed by atoms with Crippen molar-refractivity contribution >= 4 is 27.7 Å². The topological polar surface area (TPSA) is 67.9 Å². The summed E-state index contributed by atoms with van der Waals surface area (Å²) in [5.74, 6) is 0.0645. The molecule has 33 heavy (non-hydrogen) atoms. The van der Waals surface area contributed by atoms with Crippen molar-refractivity contribution in [3.05, 3.63) is 69.1 Å². The zero-order valence-corrected chi connectivity index (χ0v) is 19.4. The quantitative estimate of drug-likeness (QED) is 0.590. The van der Waals surface area contributed by atoms with E-state index in [4.69, 9.17) is 16.3 Å². The molecule has 2 aliphatic rings. The first kappa shape index (κ1) is 24.1. The largest absolute Gasteiger partial charge is 0.435 e. The number of nitrogens with zero attached hydrogens (tertiary/aromatic N) is 1. The molecule has 2 aromatic carbocycles. The molecular formula is C23H25ClF2N2O4S. The van der Waals surface area contributed by atoms with Crippen LogP contribution < -0.4 is 9.46 Å². The van der Waals surface area contributed by atoms with Crippen LogP contribution in [0.3, 0.4) is 0 Å². The van der Waals surface area contributed by atoms with Crippen LogP contribution in [0.15, 0.2) is 47.4 Å². The monoisotopic (exact) mass is 498 g/mol. The van der Waals surface area contributed by atoms with Crippen LogP contribution in [0.4, 0.5) is 8.78 Å². The van der Waals surface area contributed by atoms with Gasteiger partial charge in [0.05, 0.1) is 18.1 Å². The first-order valence-corrected chi connectivity index (χ1v) is 12.5. The SMILES string of the molecule is O=S(=O)(NCC(c1ccccc1Cl)N1CCOCC1)C1=Cc2ccc(OC(F)F)cc2CC1. The summed E-state index contributed by atoms with van der Waals surface area (Å²) in [5.41, 5.74) is 2.31. The van der Waals surface area contributed by atoms with Crippen LogP contribution in [0.2, 0.25) is 5.02 Å². The number of sulfonamides is 1. The fourth-order valence-corrected chi connectivity index (χ4v) is 5.66. The van der Waals surface area contributed by atoms with E-state index in [-0.39, 0.29) is 29.7 Å². The van der Waals surface area contributed by atoms with Crippen LogP contribution >= 0.6 is 11.6 Å². The third-order valence-electron chi connectivity index (χ3n) is 5.86. The number of fused-ring (bicyclic) bond motifs is 1. The Bertz CT molecular complexity index is 1120. The van der Waals surface area contributed by atoms with E-state index < -0.39 is 16.6 Å². The van der Waals surface area contributed by atoms with Crippen LogP contribution in [0, 0.1) is 0 Å². The number of rotatable bonds is 8. The fourth-order valence-electron chi connectivity index (χ4n) is 4.18. The molecule has 0 spiro atoms. The Morgan fingerprint density at radius 2 is 1.88 bits per heavy atom. The van der Waals surface area contributed by atoms with E-state index in [0.29, 0.717) is 43.3 Å². The van der Waals surface area contributed by atoms with Crippen molar-refractivity contribution in [3.8, 4) is 5.75 Å². The Kier molecular flexibility index (Phi) is 7.65. The molecule has 0 bridgehead atoms. The molecule has 1 atom stereocenters. The van der Waals surface area contributed by atoms with Crippen molar-refractivity contribution in [1.82, 2.24) is 9.62 Å². The lowest BCUT2D eigenvalue weighted by Crippen LogP contribution is -2.44. The Hall–Kier alpha value is -2.04. The first-order valence-electron chi connectivity index (χ1n) is 10.7. The van der Waals surface area contributed by atoms with Gasteiger partial charge in [-0.1, -0.05) is 35.9 Å². The predicted molar refractivity (Wildman–Crippen MR) is 123 cm³/mol. The summed E-state index contributed by atoms with van der Waals surface area (Å²) in [6, 6.07) is 11.7. The summed E-state index contributed by atoms with van der Waals surface area (Å²) in [7, 11) is -3.75. The molecule has 6 nitrogen and oxygen atoms in total. The molecule has 1 saturated heterocycles. The molecule has 1 aliphatic carbocycles. The molecule has 4 rings (SSSR count). The minimum atomic E-state index is -3.75. The van der Waals surface area contributed by atoms with E-state index >= 15 is 0 Å². The summed E-state index contributed by atoms with van der Waals surface area (Å²) in [6.07, 6.45) is 2.28. The summed E-state index contributed by atoms with van der Waals surface area (Å²) >= 11 is 6.43. The van der Waals surface area contributed by atoms with Crippen LogP contribution in [-0.2, 0) is 21.2 Å². The number of allylic oxidation sites excluding steroid dienone is 1. The second kappa shape index (κ2) is 10.5. The van der Waals surface area contributed by atoms with Gasteiger partial charge in [0.25, 0.3) is 0 Å². The lowest BCUT2D eigenvalue weighted by molar-refractivity contribution is -0.0498. The average Bonchev–Trinajstić information content (AvgIpc) is 2.80. The number of hydrogen-bond donors (Lipinski definition) is 1. The van der Waals surface area contributed by atoms with Crippen molar-refractivity contribution in [3.63, 3.8) is 0 Å². The molecule has 0 saturated carbocycles. The van der Waals surface area contributed by atoms with Crippen molar-refractivity contribution in [2.75, 3.05) is 32.8 Å². The van der Waals surface area contributed by atoms with Gasteiger partial charge >= 0.3 is 6.61 Å². The van der Waals surface area contributed by atoms with Gasteiger partial charge < -0.3 is 9.47 Å². The number of morpholine rings is 1. The maximum atomic E-state index is 13.1. The second-order valence-electron chi connectivity index (χ2n) is 7.89. The molecular weight excluding hydrogens is 474 g/mol. The number of aryl methyl sites for hydroxylation is 1. The fraction of sp³-hybridized carbons (Fsp3) is 0.391. The predicted octanol–water partition coefficient (Wildman–Crippen LogP) is 4.22. The standard InChI is InChI=1S/C23H25ClF2N2O4S/c24-21-4-2-1-3-20(21)22(28-9-11-31-12-10-28)15-27-33(29,30)19-8-6-16-13-18(32-23(25)26)7-5-17(16)14-19/h1-5,7,13-14,22-23,27H,6,8-12,15H2. The highest BCUT2D eigenvalue weighted by Crippen LogP contribution is 2.31. The highest BCUT2D eigenvalue weighted by atomic mass is 35.5. The Balaban J connectivity index is 1.52. The van der Waals surface area contributed by atoms with Crippen molar-refractivity contribution in [2.45, 2.75) is 25.5 Å². The molecule has 0 amide bonds. The van der Waals surface area contributed by atoms with Crippen molar-refractivity contribution in [1.29, 1.82) is 0 Å². The van der Waals surface area contributed by atoms with Gasteiger partial charge in [-0.15, -0.1) is 0 Å². The summed E-state index contributed by atoms with van der Waals surface area (Å²) < 4.78 is 63.8. The molecule has 178 valence electrons. The van der Waals surface area contributed by atoms with Gasteiger partial charge in [0.2, 0.25) is 10.0 Å². The third-order valence-corrected chi connectivity index (χ3v) is 7.76. The van der Waals surface area contributed by atoms with Crippen molar-refractivity contribution in [2.24, 2.45) is 0 Å². The Morgan fingerprint density at radius 3 is 2.61 bits per heavy atom. The minimum Gasteiger partial charge on any atom is -0.435 e. The number of nitrogens with one attached hydrogen (secondary N) is 1. The van der Waals surface area contributed by atoms with Gasteiger partial charge in [-0.25, -0.2) is 13.1 Å². The molecule has 1 unspecified atom stereocenters. The molecule has 0 radical (unpaired) electrons. The second-order valence-corrected chi connectivity index (χ2v) is 10.1. The Labute approximate surface area is 197 Å². The van der Waals surface area contributed by atoms with Gasteiger partial charge in [0.1, 0.15) is 5.75 Å². The van der Waals surface area contributed by atoms with Gasteiger partial charge in [-0.2, -0.15) is 8.78 Å². The third kappa shape index (κ3) is 5.91. The summed E-state index contributed by atoms with van der Waals surface area (Å²) in [4.78, 5) is 2.43. The van der Waals surface area contributed by atoms with Gasteiger partial charge in [0.15, 0.2) is 0 Å². The zero-order chi connectivity index (χ0) is 23.4. The molecule has 1 N–H and O–H groups in total. The molecule has 1 heterocycles. The highest BCUT2D eigenvalue weighted by Gasteiger charge is 2.28. The smallest absolute Gasteiger partial charge is 0.387 e. The molecule has 0 aromatic heterocycles. The number of alkyl halides is 2. The summed E-state index contributed by atoms with van der Waals surface area (Å²) in [5, 5.41) is 0.584. The van der Waals surface area contributed by atoms with Gasteiger partial charge in [-0.3, -0.25) is 4.90 Å². The number of hydrogen-bond acceptors (Lipinski definition) is 5. The number of halogens is 3. The van der Waals surface area contributed by atoms with E-state index in [1.54, 1.807) is 18.2 Å². The van der Waals surface area contributed by atoms with Crippen LogP contribution in [0.25, 0.3) is 6.08 Å². The van der Waals surface area contributed by atoms with E-state index in [1.165, 1.54) is 12.1 Å².